The van der Waals surface area contributed by atoms with E-state index in [1.54, 1.807) is 31.2 Å². The lowest BCUT2D eigenvalue weighted by molar-refractivity contribution is 0.0743. The van der Waals surface area contributed by atoms with E-state index in [0.29, 0.717) is 12.2 Å². The third kappa shape index (κ3) is 2.97. The normalized spacial score (nSPS) is 11.9. The number of Topliss-reactive ketones (excluding diaryl/α,β-unsaturated/α-hetero) is 1. The maximum atomic E-state index is 12.3. The highest BCUT2D eigenvalue weighted by molar-refractivity contribution is 6.02. The van der Waals surface area contributed by atoms with Crippen LogP contribution in [-0.2, 0) is 0 Å². The molecule has 2 N–H and O–H groups in total. The van der Waals surface area contributed by atoms with Crippen LogP contribution in [0, 0.1) is 0 Å². The van der Waals surface area contributed by atoms with Crippen molar-refractivity contribution >= 4 is 5.78 Å². The molecule has 1 atom stereocenters. The van der Waals surface area contributed by atoms with Crippen LogP contribution < -0.4 is 4.74 Å². The minimum Gasteiger partial charge on any atom is -0.508 e. The van der Waals surface area contributed by atoms with Gasteiger partial charge in [0.15, 0.2) is 5.78 Å². The molecule has 0 aliphatic rings. The number of ketones is 1. The Hall–Kier alpha value is -2.33. The van der Waals surface area contributed by atoms with E-state index in [1.165, 1.54) is 18.2 Å². The molecule has 2 aromatic rings. The number of carbonyl (C=O) groups excluding carboxylic acids is 1. The number of carbonyl (C=O) groups is 1. The molecule has 0 bridgehead atoms. The van der Waals surface area contributed by atoms with Crippen molar-refractivity contribution in [1.82, 2.24) is 0 Å². The Labute approximate surface area is 117 Å². The fraction of sp³-hybridized carbons (Fsp3) is 0.188. The maximum absolute atomic E-state index is 12.3. The third-order valence-corrected chi connectivity index (χ3v) is 2.89. The Morgan fingerprint density at radius 2 is 1.90 bits per heavy atom. The van der Waals surface area contributed by atoms with Gasteiger partial charge in [0.1, 0.15) is 17.6 Å². The van der Waals surface area contributed by atoms with Gasteiger partial charge in [-0.3, -0.25) is 4.79 Å². The summed E-state index contributed by atoms with van der Waals surface area (Å²) in [6, 6.07) is 12.9. The van der Waals surface area contributed by atoms with Gasteiger partial charge in [-0.1, -0.05) is 30.3 Å². The summed E-state index contributed by atoms with van der Waals surface area (Å²) >= 11 is 0. The molecule has 2 rings (SSSR count). The zero-order valence-electron chi connectivity index (χ0n) is 11.1. The smallest absolute Gasteiger partial charge is 0.199 e. The molecule has 0 saturated heterocycles. The first kappa shape index (κ1) is 14.1. The van der Waals surface area contributed by atoms with Crippen LogP contribution in [0.15, 0.2) is 48.5 Å². The summed E-state index contributed by atoms with van der Waals surface area (Å²) in [5.41, 5.74) is 0.772. The van der Waals surface area contributed by atoms with Gasteiger partial charge in [-0.15, -0.1) is 0 Å². The Balaban J connectivity index is 2.33. The van der Waals surface area contributed by atoms with Gasteiger partial charge in [-0.25, -0.2) is 0 Å². The second-order valence-electron chi connectivity index (χ2n) is 4.29. The predicted octanol–water partition coefficient (Wildman–Crippen LogP) is 2.71. The molecule has 0 aliphatic carbocycles. The summed E-state index contributed by atoms with van der Waals surface area (Å²) in [4.78, 5) is 12.3. The number of phenolic OH excluding ortho intramolecular Hbond substituents is 1. The maximum Gasteiger partial charge on any atom is 0.199 e. The van der Waals surface area contributed by atoms with E-state index in [0.717, 1.165) is 0 Å². The van der Waals surface area contributed by atoms with Gasteiger partial charge in [0.2, 0.25) is 0 Å². The number of ether oxygens (including phenoxy) is 1. The van der Waals surface area contributed by atoms with Gasteiger partial charge in [0, 0.05) is 6.07 Å². The van der Waals surface area contributed by atoms with Crippen LogP contribution in [0.5, 0.6) is 11.5 Å². The number of aliphatic hydroxyl groups excluding tert-OH is 1. The number of aliphatic hydroxyl groups is 1. The van der Waals surface area contributed by atoms with Crippen molar-refractivity contribution in [2.24, 2.45) is 0 Å². The molecular formula is C16H16O4. The van der Waals surface area contributed by atoms with Gasteiger partial charge < -0.3 is 14.9 Å². The van der Waals surface area contributed by atoms with Crippen molar-refractivity contribution in [3.05, 3.63) is 59.7 Å². The quantitative estimate of drug-likeness (QED) is 0.821. The molecule has 0 amide bonds. The Morgan fingerprint density at radius 1 is 1.20 bits per heavy atom. The van der Waals surface area contributed by atoms with Crippen LogP contribution in [0.25, 0.3) is 0 Å². The van der Waals surface area contributed by atoms with E-state index in [-0.39, 0.29) is 17.1 Å². The highest BCUT2D eigenvalue weighted by Crippen LogP contribution is 2.28. The van der Waals surface area contributed by atoms with Crippen molar-refractivity contribution in [3.8, 4) is 11.5 Å². The average Bonchev–Trinajstić information content (AvgIpc) is 2.47. The predicted molar refractivity (Wildman–Crippen MR) is 75.0 cm³/mol. The van der Waals surface area contributed by atoms with Crippen LogP contribution in [0.4, 0.5) is 0 Å². The lowest BCUT2D eigenvalue weighted by atomic mass is 9.99. The molecule has 0 spiro atoms. The SMILES string of the molecule is CCOc1cc(O)ccc1C(=O)C(O)c1ccccc1. The van der Waals surface area contributed by atoms with Crippen LogP contribution in [0.3, 0.4) is 0 Å². The molecule has 2 aromatic carbocycles. The van der Waals surface area contributed by atoms with Crippen molar-refractivity contribution in [3.63, 3.8) is 0 Å². The molecule has 0 heterocycles. The summed E-state index contributed by atoms with van der Waals surface area (Å²) in [6.45, 7) is 2.15. The minimum atomic E-state index is -1.25. The molecule has 4 heteroatoms. The summed E-state index contributed by atoms with van der Waals surface area (Å²) in [5, 5.41) is 19.6. The van der Waals surface area contributed by atoms with Crippen LogP contribution >= 0.6 is 0 Å². The molecule has 1 unspecified atom stereocenters. The lowest BCUT2D eigenvalue weighted by Crippen LogP contribution is -2.13. The summed E-state index contributed by atoms with van der Waals surface area (Å²) in [5.74, 6) is -0.175. The fourth-order valence-corrected chi connectivity index (χ4v) is 1.92. The Morgan fingerprint density at radius 3 is 2.55 bits per heavy atom. The van der Waals surface area contributed by atoms with Crippen molar-refractivity contribution in [2.75, 3.05) is 6.61 Å². The largest absolute Gasteiger partial charge is 0.508 e. The molecule has 0 fully saturated rings. The molecule has 0 aliphatic heterocycles. The number of rotatable bonds is 5. The highest BCUT2D eigenvalue weighted by atomic mass is 16.5. The molecule has 104 valence electrons. The minimum absolute atomic E-state index is 0.0131. The fourth-order valence-electron chi connectivity index (χ4n) is 1.92. The van der Waals surface area contributed by atoms with Gasteiger partial charge in [-0.05, 0) is 24.6 Å². The zero-order valence-corrected chi connectivity index (χ0v) is 11.1. The van der Waals surface area contributed by atoms with Crippen molar-refractivity contribution < 1.29 is 19.7 Å². The zero-order chi connectivity index (χ0) is 14.5. The first-order valence-corrected chi connectivity index (χ1v) is 6.36. The van der Waals surface area contributed by atoms with Crippen LogP contribution in [-0.4, -0.2) is 22.6 Å². The Bertz CT molecular complexity index is 593. The van der Waals surface area contributed by atoms with Gasteiger partial charge >= 0.3 is 0 Å². The second kappa shape index (κ2) is 6.21. The average molecular weight is 272 g/mol. The first-order valence-electron chi connectivity index (χ1n) is 6.36. The third-order valence-electron chi connectivity index (χ3n) is 2.89. The van der Waals surface area contributed by atoms with Gasteiger partial charge in [0.25, 0.3) is 0 Å². The van der Waals surface area contributed by atoms with E-state index in [4.69, 9.17) is 4.74 Å². The van der Waals surface area contributed by atoms with Crippen LogP contribution in [0.1, 0.15) is 28.9 Å². The first-order chi connectivity index (χ1) is 9.63. The Kier molecular flexibility index (Phi) is 4.38. The summed E-state index contributed by atoms with van der Waals surface area (Å²) in [7, 11) is 0. The molecule has 0 aromatic heterocycles. The van der Waals surface area contributed by atoms with Crippen molar-refractivity contribution in [1.29, 1.82) is 0 Å². The molecule has 0 radical (unpaired) electrons. The van der Waals surface area contributed by atoms with Crippen molar-refractivity contribution in [2.45, 2.75) is 13.0 Å². The number of aromatic hydroxyl groups is 1. The lowest BCUT2D eigenvalue weighted by Gasteiger charge is -2.14. The molecular weight excluding hydrogens is 256 g/mol. The summed E-state index contributed by atoms with van der Waals surface area (Å²) < 4.78 is 5.33. The monoisotopic (exact) mass is 272 g/mol. The van der Waals surface area contributed by atoms with E-state index in [9.17, 15) is 15.0 Å². The number of hydrogen-bond donors (Lipinski definition) is 2. The second-order valence-corrected chi connectivity index (χ2v) is 4.29. The standard InChI is InChI=1S/C16H16O4/c1-2-20-14-10-12(17)8-9-13(14)16(19)15(18)11-6-4-3-5-7-11/h3-10,15,17-18H,2H2,1H3. The highest BCUT2D eigenvalue weighted by Gasteiger charge is 2.22. The summed E-state index contributed by atoms with van der Waals surface area (Å²) in [6.07, 6.45) is -1.25. The van der Waals surface area contributed by atoms with Gasteiger partial charge in [0.05, 0.1) is 12.2 Å². The molecule has 20 heavy (non-hydrogen) atoms. The number of phenols is 1. The van der Waals surface area contributed by atoms with E-state index < -0.39 is 11.9 Å². The van der Waals surface area contributed by atoms with E-state index in [2.05, 4.69) is 0 Å². The van der Waals surface area contributed by atoms with Gasteiger partial charge in [-0.2, -0.15) is 0 Å². The number of hydrogen-bond acceptors (Lipinski definition) is 4. The van der Waals surface area contributed by atoms with Crippen LogP contribution in [0.2, 0.25) is 0 Å². The van der Waals surface area contributed by atoms with E-state index in [1.807, 2.05) is 6.07 Å². The van der Waals surface area contributed by atoms with E-state index >= 15 is 0 Å². The molecule has 4 nitrogen and oxygen atoms in total. The number of benzene rings is 2. The molecule has 0 saturated carbocycles. The topological polar surface area (TPSA) is 66.8 Å².